The third-order valence-corrected chi connectivity index (χ3v) is 2.60. The average molecular weight is 295 g/mol. The lowest BCUT2D eigenvalue weighted by atomic mass is 10.2. The van der Waals surface area contributed by atoms with E-state index in [-0.39, 0.29) is 12.5 Å². The topological polar surface area (TPSA) is 88.2 Å². The zero-order chi connectivity index (χ0) is 15.7. The number of nitrogens with zero attached hydrogens (tertiary/aromatic N) is 2. The summed E-state index contributed by atoms with van der Waals surface area (Å²) in [6.07, 6.45) is 0. The van der Waals surface area contributed by atoms with Gasteiger partial charge >= 0.3 is 0 Å². The molecule has 0 spiro atoms. The summed E-state index contributed by atoms with van der Waals surface area (Å²) in [6.45, 7) is 7.82. The van der Waals surface area contributed by atoms with Crippen molar-refractivity contribution in [1.29, 1.82) is 0 Å². The molecule has 21 heavy (non-hydrogen) atoms. The molecule has 1 aromatic heterocycles. The first-order chi connectivity index (χ1) is 10.0. The number of carbonyl (C=O) groups excluding carboxylic acids is 1. The number of nitrogens with one attached hydrogen (secondary N) is 3. The van der Waals surface area contributed by atoms with Crippen LogP contribution >= 0.6 is 0 Å². The second-order valence-electron chi connectivity index (χ2n) is 4.99. The first kappa shape index (κ1) is 17.2. The Morgan fingerprint density at radius 3 is 2.67 bits per heavy atom. The van der Waals surface area contributed by atoms with E-state index in [1.54, 1.807) is 13.1 Å². The van der Waals surface area contributed by atoms with Gasteiger partial charge in [-0.25, -0.2) is 9.97 Å². The summed E-state index contributed by atoms with van der Waals surface area (Å²) in [5.41, 5.74) is 0. The standard InChI is InChI=1S/C14H25N5O2/c1-5-21-9-13-18-11(15-4)6-12(19-13)16-8-14(20)17-7-10(2)3/h6,10H,5,7-9H2,1-4H3,(H,17,20)(H2,15,16,18,19). The summed E-state index contributed by atoms with van der Waals surface area (Å²) in [5, 5.41) is 8.81. The Morgan fingerprint density at radius 2 is 2.05 bits per heavy atom. The maximum absolute atomic E-state index is 11.7. The molecule has 0 aliphatic rings. The van der Waals surface area contributed by atoms with Crippen molar-refractivity contribution in [3.8, 4) is 0 Å². The summed E-state index contributed by atoms with van der Waals surface area (Å²) >= 11 is 0. The molecule has 0 aliphatic heterocycles. The van der Waals surface area contributed by atoms with Crippen LogP contribution in [0.15, 0.2) is 6.07 Å². The first-order valence-corrected chi connectivity index (χ1v) is 7.19. The van der Waals surface area contributed by atoms with Crippen LogP contribution in [-0.4, -0.2) is 42.6 Å². The number of rotatable bonds is 9. The molecule has 0 radical (unpaired) electrons. The Morgan fingerprint density at radius 1 is 1.33 bits per heavy atom. The van der Waals surface area contributed by atoms with Gasteiger partial charge in [-0.15, -0.1) is 0 Å². The maximum Gasteiger partial charge on any atom is 0.239 e. The molecular weight excluding hydrogens is 270 g/mol. The van der Waals surface area contributed by atoms with Crippen molar-refractivity contribution < 1.29 is 9.53 Å². The fourth-order valence-corrected chi connectivity index (χ4v) is 1.52. The van der Waals surface area contributed by atoms with E-state index in [9.17, 15) is 4.79 Å². The van der Waals surface area contributed by atoms with Crippen LogP contribution in [0.2, 0.25) is 0 Å². The van der Waals surface area contributed by atoms with Crippen LogP contribution in [0.3, 0.4) is 0 Å². The minimum absolute atomic E-state index is 0.0559. The van der Waals surface area contributed by atoms with Crippen molar-refractivity contribution in [3.05, 3.63) is 11.9 Å². The molecule has 1 heterocycles. The highest BCUT2D eigenvalue weighted by molar-refractivity contribution is 5.80. The van der Waals surface area contributed by atoms with Crippen molar-refractivity contribution in [1.82, 2.24) is 15.3 Å². The fourth-order valence-electron chi connectivity index (χ4n) is 1.52. The fraction of sp³-hybridized carbons (Fsp3) is 0.643. The van der Waals surface area contributed by atoms with Gasteiger partial charge in [0.2, 0.25) is 5.91 Å². The van der Waals surface area contributed by atoms with Gasteiger partial charge in [0.1, 0.15) is 18.2 Å². The van der Waals surface area contributed by atoms with E-state index in [2.05, 4.69) is 39.8 Å². The third-order valence-electron chi connectivity index (χ3n) is 2.60. The Balaban J connectivity index is 2.58. The molecule has 3 N–H and O–H groups in total. The predicted octanol–water partition coefficient (Wildman–Crippen LogP) is 1.24. The molecule has 118 valence electrons. The van der Waals surface area contributed by atoms with Crippen molar-refractivity contribution in [2.75, 3.05) is 37.4 Å². The van der Waals surface area contributed by atoms with Gasteiger partial charge in [0.05, 0.1) is 6.54 Å². The highest BCUT2D eigenvalue weighted by atomic mass is 16.5. The van der Waals surface area contributed by atoms with E-state index < -0.39 is 0 Å². The molecule has 0 atom stereocenters. The van der Waals surface area contributed by atoms with E-state index in [4.69, 9.17) is 4.74 Å². The quantitative estimate of drug-likeness (QED) is 0.635. The largest absolute Gasteiger partial charge is 0.374 e. The van der Waals surface area contributed by atoms with Crippen LogP contribution in [0, 0.1) is 5.92 Å². The van der Waals surface area contributed by atoms with Gasteiger partial charge < -0.3 is 20.7 Å². The predicted molar refractivity (Wildman–Crippen MR) is 83.2 cm³/mol. The second-order valence-corrected chi connectivity index (χ2v) is 4.99. The number of carbonyl (C=O) groups is 1. The van der Waals surface area contributed by atoms with Crippen LogP contribution in [0.1, 0.15) is 26.6 Å². The summed E-state index contributed by atoms with van der Waals surface area (Å²) in [5.74, 6) is 2.24. The number of aromatic nitrogens is 2. The van der Waals surface area contributed by atoms with Crippen LogP contribution in [-0.2, 0) is 16.1 Å². The van der Waals surface area contributed by atoms with Gasteiger partial charge in [0.15, 0.2) is 5.82 Å². The first-order valence-electron chi connectivity index (χ1n) is 7.19. The normalized spacial score (nSPS) is 10.5. The monoisotopic (exact) mass is 295 g/mol. The van der Waals surface area contributed by atoms with Crippen LogP contribution in [0.25, 0.3) is 0 Å². The number of hydrogen-bond donors (Lipinski definition) is 3. The zero-order valence-corrected chi connectivity index (χ0v) is 13.2. The molecule has 7 heteroatoms. The zero-order valence-electron chi connectivity index (χ0n) is 13.2. The SMILES string of the molecule is CCOCc1nc(NC)cc(NCC(=O)NCC(C)C)n1. The smallest absolute Gasteiger partial charge is 0.239 e. The van der Waals surface area contributed by atoms with Crippen molar-refractivity contribution in [3.63, 3.8) is 0 Å². The lowest BCUT2D eigenvalue weighted by molar-refractivity contribution is -0.119. The third kappa shape index (κ3) is 6.89. The summed E-state index contributed by atoms with van der Waals surface area (Å²) in [6, 6.07) is 1.76. The lowest BCUT2D eigenvalue weighted by Crippen LogP contribution is -2.32. The molecule has 7 nitrogen and oxygen atoms in total. The molecule has 1 aromatic rings. The molecule has 0 bridgehead atoms. The Labute approximate surface area is 125 Å². The Hall–Kier alpha value is -1.89. The second kappa shape index (κ2) is 9.12. The Bertz CT molecular complexity index is 451. The van der Waals surface area contributed by atoms with E-state index in [1.807, 2.05) is 6.92 Å². The average Bonchev–Trinajstić information content (AvgIpc) is 2.48. The van der Waals surface area contributed by atoms with Crippen LogP contribution in [0.5, 0.6) is 0 Å². The highest BCUT2D eigenvalue weighted by Gasteiger charge is 2.06. The lowest BCUT2D eigenvalue weighted by Gasteiger charge is -2.11. The summed E-state index contributed by atoms with van der Waals surface area (Å²) in [4.78, 5) is 20.3. The van der Waals surface area contributed by atoms with Crippen LogP contribution < -0.4 is 16.0 Å². The van der Waals surface area contributed by atoms with Crippen molar-refractivity contribution in [2.45, 2.75) is 27.4 Å². The van der Waals surface area contributed by atoms with Crippen molar-refractivity contribution in [2.24, 2.45) is 5.92 Å². The summed E-state index contributed by atoms with van der Waals surface area (Å²) in [7, 11) is 1.78. The molecule has 0 saturated carbocycles. The molecular formula is C14H25N5O2. The number of hydrogen-bond acceptors (Lipinski definition) is 6. The molecule has 0 saturated heterocycles. The summed E-state index contributed by atoms with van der Waals surface area (Å²) < 4.78 is 5.30. The van der Waals surface area contributed by atoms with E-state index >= 15 is 0 Å². The molecule has 0 fully saturated rings. The number of amides is 1. The molecule has 1 rings (SSSR count). The minimum Gasteiger partial charge on any atom is -0.374 e. The van der Waals surface area contributed by atoms with E-state index in [0.29, 0.717) is 43.1 Å². The molecule has 0 aliphatic carbocycles. The Kier molecular flexibility index (Phi) is 7.45. The van der Waals surface area contributed by atoms with E-state index in [1.165, 1.54) is 0 Å². The highest BCUT2D eigenvalue weighted by Crippen LogP contribution is 2.11. The van der Waals surface area contributed by atoms with Gasteiger partial charge in [-0.3, -0.25) is 4.79 Å². The van der Waals surface area contributed by atoms with Gasteiger partial charge in [-0.1, -0.05) is 13.8 Å². The van der Waals surface area contributed by atoms with E-state index in [0.717, 1.165) is 0 Å². The van der Waals surface area contributed by atoms with Gasteiger partial charge in [0.25, 0.3) is 0 Å². The van der Waals surface area contributed by atoms with Crippen molar-refractivity contribution >= 4 is 17.5 Å². The molecule has 0 aromatic carbocycles. The van der Waals surface area contributed by atoms with Gasteiger partial charge in [-0.05, 0) is 12.8 Å². The molecule has 0 unspecified atom stereocenters. The maximum atomic E-state index is 11.7. The number of anilines is 2. The van der Waals surface area contributed by atoms with Gasteiger partial charge in [0, 0.05) is 26.3 Å². The minimum atomic E-state index is -0.0559. The van der Waals surface area contributed by atoms with Crippen LogP contribution in [0.4, 0.5) is 11.6 Å². The molecule has 1 amide bonds. The number of ether oxygens (including phenoxy) is 1. The van der Waals surface area contributed by atoms with Gasteiger partial charge in [-0.2, -0.15) is 0 Å².